The van der Waals surface area contributed by atoms with Gasteiger partial charge in [0.1, 0.15) is 11.6 Å². The van der Waals surface area contributed by atoms with E-state index in [4.69, 9.17) is 22.2 Å². The number of hydrogen-bond acceptors (Lipinski definition) is 5. The monoisotopic (exact) mass is 492 g/mol. The van der Waals surface area contributed by atoms with Crippen LogP contribution >= 0.6 is 12.2 Å². The van der Waals surface area contributed by atoms with Crippen molar-refractivity contribution in [1.29, 1.82) is 0 Å². The van der Waals surface area contributed by atoms with Crippen molar-refractivity contribution in [1.82, 2.24) is 15.3 Å². The molecule has 2 saturated heterocycles. The second-order valence-electron chi connectivity index (χ2n) is 10.7. The Labute approximate surface area is 215 Å². The van der Waals surface area contributed by atoms with Gasteiger partial charge in [-0.1, -0.05) is 49.6 Å². The first-order valence-electron chi connectivity index (χ1n) is 13.6. The molecule has 3 fully saturated rings. The minimum atomic E-state index is 0.137. The Kier molecular flexibility index (Phi) is 7.71. The highest BCUT2D eigenvalue weighted by Gasteiger charge is 2.34. The molecule has 1 aromatic heterocycles. The minimum Gasteiger partial charge on any atom is -0.361 e. The van der Waals surface area contributed by atoms with Gasteiger partial charge in [-0.15, -0.1) is 0 Å². The van der Waals surface area contributed by atoms with Crippen molar-refractivity contribution >= 4 is 34.9 Å². The number of nitrogens with one attached hydrogen (secondary N) is 2. The highest BCUT2D eigenvalue weighted by Crippen LogP contribution is 2.39. The molecule has 3 heterocycles. The fourth-order valence-electron chi connectivity index (χ4n) is 6.15. The average molecular weight is 493 g/mol. The first-order valence-corrected chi connectivity index (χ1v) is 14.0. The lowest BCUT2D eigenvalue weighted by Gasteiger charge is -2.38. The Balaban J connectivity index is 1.32. The van der Waals surface area contributed by atoms with Gasteiger partial charge in [0, 0.05) is 43.7 Å². The number of hydrogen-bond donors (Lipinski definition) is 2. The smallest absolute Gasteiger partial charge is 0.232 e. The highest BCUT2D eigenvalue weighted by molar-refractivity contribution is 7.80. The third-order valence-electron chi connectivity index (χ3n) is 8.24. The SMILES string of the molecule is C[C@@H]1CCCCN1c1cc(N2CCCC2)nc(NC(=S)NCC2(c3ccccc3)CCCCC2)n1. The summed E-state index contributed by atoms with van der Waals surface area (Å²) in [4.78, 5) is 14.7. The molecule has 5 rings (SSSR count). The zero-order valence-electron chi connectivity index (χ0n) is 21.1. The Morgan fingerprint density at radius 3 is 2.40 bits per heavy atom. The first kappa shape index (κ1) is 24.3. The number of aromatic nitrogens is 2. The van der Waals surface area contributed by atoms with Crippen molar-refractivity contribution in [3.8, 4) is 0 Å². The van der Waals surface area contributed by atoms with Gasteiger partial charge >= 0.3 is 0 Å². The summed E-state index contributed by atoms with van der Waals surface area (Å²) in [5.74, 6) is 2.65. The molecule has 1 atom stereocenters. The van der Waals surface area contributed by atoms with E-state index >= 15 is 0 Å². The van der Waals surface area contributed by atoms with Crippen LogP contribution in [0.1, 0.15) is 76.7 Å². The second kappa shape index (κ2) is 11.1. The Hall–Kier alpha value is -2.41. The van der Waals surface area contributed by atoms with Crippen LogP contribution in [0.15, 0.2) is 36.4 Å². The van der Waals surface area contributed by atoms with E-state index in [0.29, 0.717) is 17.1 Å². The summed E-state index contributed by atoms with van der Waals surface area (Å²) in [7, 11) is 0. The predicted octanol–water partition coefficient (Wildman–Crippen LogP) is 5.64. The Bertz CT molecular complexity index is 984. The second-order valence-corrected chi connectivity index (χ2v) is 11.1. The van der Waals surface area contributed by atoms with Gasteiger partial charge in [-0.2, -0.15) is 9.97 Å². The van der Waals surface area contributed by atoms with E-state index in [0.717, 1.165) is 37.8 Å². The number of anilines is 3. The lowest BCUT2D eigenvalue weighted by Crippen LogP contribution is -2.43. The van der Waals surface area contributed by atoms with Crippen LogP contribution in [-0.4, -0.2) is 47.3 Å². The third kappa shape index (κ3) is 5.71. The molecule has 1 aliphatic carbocycles. The minimum absolute atomic E-state index is 0.137. The maximum Gasteiger partial charge on any atom is 0.232 e. The van der Waals surface area contributed by atoms with Gasteiger partial charge < -0.3 is 20.4 Å². The van der Waals surface area contributed by atoms with E-state index in [9.17, 15) is 0 Å². The van der Waals surface area contributed by atoms with E-state index in [1.165, 1.54) is 69.8 Å². The fourth-order valence-corrected chi connectivity index (χ4v) is 6.32. The standard InChI is InChI=1S/C28H40N6S/c1-22-12-6-9-19-34(22)25-20-24(33-17-10-11-18-33)30-26(31-25)32-27(35)29-21-28(15-7-3-8-16-28)23-13-4-2-5-14-23/h2,4-5,13-14,20,22H,3,6-12,15-19,21H2,1H3,(H2,29,30,31,32,35)/t22-/m1/s1. The lowest BCUT2D eigenvalue weighted by atomic mass is 9.69. The molecule has 0 bridgehead atoms. The van der Waals surface area contributed by atoms with Crippen molar-refractivity contribution in [2.24, 2.45) is 0 Å². The maximum absolute atomic E-state index is 5.78. The van der Waals surface area contributed by atoms with Gasteiger partial charge in [0.15, 0.2) is 5.11 Å². The summed E-state index contributed by atoms with van der Waals surface area (Å²) >= 11 is 5.78. The molecule has 2 aliphatic heterocycles. The molecule has 2 N–H and O–H groups in total. The summed E-state index contributed by atoms with van der Waals surface area (Å²) in [6.45, 7) is 6.33. The largest absolute Gasteiger partial charge is 0.361 e. The molecular weight excluding hydrogens is 452 g/mol. The quantitative estimate of drug-likeness (QED) is 0.506. The van der Waals surface area contributed by atoms with Crippen LogP contribution < -0.4 is 20.4 Å². The molecule has 2 aromatic rings. The average Bonchev–Trinajstić information content (AvgIpc) is 3.44. The molecule has 35 heavy (non-hydrogen) atoms. The van der Waals surface area contributed by atoms with Gasteiger partial charge in [0.2, 0.25) is 5.95 Å². The summed E-state index contributed by atoms with van der Waals surface area (Å²) in [6.07, 6.45) is 12.5. The van der Waals surface area contributed by atoms with Crippen LogP contribution in [-0.2, 0) is 5.41 Å². The topological polar surface area (TPSA) is 56.3 Å². The Morgan fingerprint density at radius 2 is 1.66 bits per heavy atom. The van der Waals surface area contributed by atoms with Crippen LogP contribution in [0.5, 0.6) is 0 Å². The van der Waals surface area contributed by atoms with Gasteiger partial charge in [0.05, 0.1) is 0 Å². The summed E-state index contributed by atoms with van der Waals surface area (Å²) < 4.78 is 0. The third-order valence-corrected chi connectivity index (χ3v) is 8.48. The van der Waals surface area contributed by atoms with E-state index in [-0.39, 0.29) is 5.41 Å². The maximum atomic E-state index is 5.78. The molecule has 1 aromatic carbocycles. The van der Waals surface area contributed by atoms with Gasteiger partial charge in [-0.05, 0) is 69.7 Å². The molecular formula is C28H40N6S. The van der Waals surface area contributed by atoms with Crippen molar-refractivity contribution in [3.05, 3.63) is 42.0 Å². The van der Waals surface area contributed by atoms with Crippen molar-refractivity contribution in [2.75, 3.05) is 41.3 Å². The van der Waals surface area contributed by atoms with Crippen LogP contribution in [0.2, 0.25) is 0 Å². The van der Waals surface area contributed by atoms with Crippen molar-refractivity contribution < 1.29 is 0 Å². The van der Waals surface area contributed by atoms with Gasteiger partial charge in [-0.25, -0.2) is 0 Å². The molecule has 0 radical (unpaired) electrons. The van der Waals surface area contributed by atoms with E-state index in [2.05, 4.69) is 63.8 Å². The van der Waals surface area contributed by atoms with Crippen molar-refractivity contribution in [3.63, 3.8) is 0 Å². The lowest BCUT2D eigenvalue weighted by molar-refractivity contribution is 0.292. The number of rotatable bonds is 6. The number of piperidine rings is 1. The number of nitrogens with zero attached hydrogens (tertiary/aromatic N) is 4. The molecule has 0 spiro atoms. The van der Waals surface area contributed by atoms with Crippen LogP contribution in [0.4, 0.5) is 17.6 Å². The van der Waals surface area contributed by atoms with Crippen molar-refractivity contribution in [2.45, 2.75) is 82.6 Å². The van der Waals surface area contributed by atoms with Gasteiger partial charge in [-0.3, -0.25) is 0 Å². The van der Waals surface area contributed by atoms with E-state index in [1.807, 2.05) is 0 Å². The molecule has 6 nitrogen and oxygen atoms in total. The summed E-state index contributed by atoms with van der Waals surface area (Å²) in [5, 5.41) is 7.52. The zero-order valence-corrected chi connectivity index (χ0v) is 22.0. The molecule has 1 saturated carbocycles. The van der Waals surface area contributed by atoms with Crippen LogP contribution in [0.25, 0.3) is 0 Å². The number of thiocarbonyl (C=S) groups is 1. The molecule has 188 valence electrons. The van der Waals surface area contributed by atoms with E-state index in [1.54, 1.807) is 0 Å². The molecule has 0 amide bonds. The van der Waals surface area contributed by atoms with Crippen LogP contribution in [0, 0.1) is 0 Å². The first-order chi connectivity index (χ1) is 17.1. The normalized spacial score (nSPS) is 22.1. The van der Waals surface area contributed by atoms with Gasteiger partial charge in [0.25, 0.3) is 0 Å². The number of benzene rings is 1. The summed E-state index contributed by atoms with van der Waals surface area (Å²) in [5.41, 5.74) is 1.56. The summed E-state index contributed by atoms with van der Waals surface area (Å²) in [6, 6.07) is 13.6. The Morgan fingerprint density at radius 1 is 0.943 bits per heavy atom. The van der Waals surface area contributed by atoms with Crippen LogP contribution in [0.3, 0.4) is 0 Å². The predicted molar refractivity (Wildman–Crippen MR) is 150 cm³/mol. The molecule has 0 unspecified atom stereocenters. The molecule has 7 heteroatoms. The molecule has 3 aliphatic rings. The highest BCUT2D eigenvalue weighted by atomic mass is 32.1. The fraction of sp³-hybridized carbons (Fsp3) is 0.607. The zero-order chi connectivity index (χ0) is 24.1. The van der Waals surface area contributed by atoms with E-state index < -0.39 is 0 Å².